The average molecular weight is 386 g/mol. The van der Waals surface area contributed by atoms with Crippen molar-refractivity contribution in [2.75, 3.05) is 7.11 Å². The third-order valence-electron chi connectivity index (χ3n) is 3.56. The van der Waals surface area contributed by atoms with E-state index in [1.165, 1.54) is 11.8 Å². The molecule has 0 bridgehead atoms. The summed E-state index contributed by atoms with van der Waals surface area (Å²) in [5.41, 5.74) is 0.843. The topological polar surface area (TPSA) is 91.8 Å². The number of rotatable bonds is 6. The molecule has 4 rings (SSSR count). The highest BCUT2D eigenvalue weighted by molar-refractivity contribution is 7.99. The van der Waals surface area contributed by atoms with Crippen molar-refractivity contribution in [1.29, 1.82) is 0 Å². The Morgan fingerprint density at radius 1 is 1.15 bits per heavy atom. The zero-order chi connectivity index (χ0) is 17.9. The number of ether oxygens (including phenoxy) is 1. The summed E-state index contributed by atoms with van der Waals surface area (Å²) in [5.74, 6) is 1.83. The lowest BCUT2D eigenvalue weighted by Gasteiger charge is -2.07. The van der Waals surface area contributed by atoms with Gasteiger partial charge in [-0.15, -0.1) is 26.6 Å². The van der Waals surface area contributed by atoms with E-state index in [9.17, 15) is 0 Å². The lowest BCUT2D eigenvalue weighted by Crippen LogP contribution is -2.00. The second-order valence-electron chi connectivity index (χ2n) is 5.25. The Balaban J connectivity index is 1.53. The van der Waals surface area contributed by atoms with Crippen molar-refractivity contribution in [2.45, 2.75) is 17.3 Å². The molecule has 0 amide bonds. The van der Waals surface area contributed by atoms with Crippen molar-refractivity contribution in [3.8, 4) is 22.2 Å². The summed E-state index contributed by atoms with van der Waals surface area (Å²) >= 11 is 3.01. The Labute approximate surface area is 157 Å². The smallest absolute Gasteiger partial charge is 0.257 e. The summed E-state index contributed by atoms with van der Waals surface area (Å²) in [7, 11) is 1.63. The lowest BCUT2D eigenvalue weighted by molar-refractivity contribution is 0.414. The molecule has 0 fully saturated rings. The van der Waals surface area contributed by atoms with Crippen LogP contribution in [0.25, 0.3) is 16.5 Å². The molecule has 10 heteroatoms. The third kappa shape index (κ3) is 3.33. The Hall–Kier alpha value is -2.72. The molecule has 1 atom stereocenters. The number of methoxy groups -OCH3 is 1. The number of thiophene rings is 1. The molecule has 0 saturated carbocycles. The predicted octanol–water partition coefficient (Wildman–Crippen LogP) is 3.64. The molecule has 4 aromatic rings. The summed E-state index contributed by atoms with van der Waals surface area (Å²) in [5, 5.41) is 22.7. The zero-order valence-corrected chi connectivity index (χ0v) is 15.6. The van der Waals surface area contributed by atoms with E-state index in [2.05, 4.69) is 25.7 Å². The van der Waals surface area contributed by atoms with Crippen LogP contribution in [0.5, 0.6) is 5.75 Å². The van der Waals surface area contributed by atoms with Gasteiger partial charge in [0.25, 0.3) is 5.89 Å². The molecule has 1 aromatic carbocycles. The van der Waals surface area contributed by atoms with Gasteiger partial charge in [-0.25, -0.2) is 0 Å². The van der Waals surface area contributed by atoms with Gasteiger partial charge >= 0.3 is 0 Å². The first kappa shape index (κ1) is 16.7. The van der Waals surface area contributed by atoms with Gasteiger partial charge in [-0.3, -0.25) is 0 Å². The molecule has 0 aliphatic carbocycles. The SMILES string of the molecule is COc1ccc(-n2nnnc2S[C@H](C)c2nnc(-c3cccs3)o2)cc1. The van der Waals surface area contributed by atoms with Crippen molar-refractivity contribution < 1.29 is 9.15 Å². The van der Waals surface area contributed by atoms with Gasteiger partial charge in [0.05, 0.1) is 22.9 Å². The molecule has 0 spiro atoms. The van der Waals surface area contributed by atoms with Crippen LogP contribution in [0.1, 0.15) is 18.1 Å². The predicted molar refractivity (Wildman–Crippen MR) is 97.6 cm³/mol. The minimum absolute atomic E-state index is 0.0980. The third-order valence-corrected chi connectivity index (χ3v) is 5.44. The Bertz CT molecular complexity index is 981. The molecule has 132 valence electrons. The maximum absolute atomic E-state index is 5.79. The van der Waals surface area contributed by atoms with Gasteiger partial charge in [-0.1, -0.05) is 17.8 Å². The van der Waals surface area contributed by atoms with Crippen molar-refractivity contribution in [3.05, 3.63) is 47.7 Å². The number of nitrogens with zero attached hydrogens (tertiary/aromatic N) is 6. The summed E-state index contributed by atoms with van der Waals surface area (Å²) in [6.07, 6.45) is 0. The lowest BCUT2D eigenvalue weighted by atomic mass is 10.3. The van der Waals surface area contributed by atoms with Crippen LogP contribution in [0, 0.1) is 0 Å². The first-order chi connectivity index (χ1) is 12.7. The summed E-state index contributed by atoms with van der Waals surface area (Å²) in [6.45, 7) is 1.98. The normalized spacial score (nSPS) is 12.2. The number of benzene rings is 1. The van der Waals surface area contributed by atoms with Crippen molar-refractivity contribution in [1.82, 2.24) is 30.4 Å². The van der Waals surface area contributed by atoms with Gasteiger partial charge in [0.2, 0.25) is 11.0 Å². The van der Waals surface area contributed by atoms with Crippen LogP contribution in [0.2, 0.25) is 0 Å². The van der Waals surface area contributed by atoms with E-state index in [4.69, 9.17) is 9.15 Å². The number of tetrazole rings is 1. The van der Waals surface area contributed by atoms with Gasteiger partial charge in [0.1, 0.15) is 5.75 Å². The molecule has 8 nitrogen and oxygen atoms in total. The van der Waals surface area contributed by atoms with E-state index in [-0.39, 0.29) is 5.25 Å². The maximum Gasteiger partial charge on any atom is 0.257 e. The minimum atomic E-state index is -0.0980. The highest BCUT2D eigenvalue weighted by Crippen LogP contribution is 2.35. The molecule has 0 aliphatic heterocycles. The summed E-state index contributed by atoms with van der Waals surface area (Å²) in [4.78, 5) is 0.948. The molecule has 3 heterocycles. The van der Waals surface area contributed by atoms with Gasteiger partial charge in [-0.05, 0) is 53.1 Å². The number of thioether (sulfide) groups is 1. The molecule has 0 saturated heterocycles. The quantitative estimate of drug-likeness (QED) is 0.464. The Morgan fingerprint density at radius 2 is 2.00 bits per heavy atom. The molecular formula is C16H14N6O2S2. The zero-order valence-electron chi connectivity index (χ0n) is 13.9. The van der Waals surface area contributed by atoms with E-state index in [0.717, 1.165) is 16.3 Å². The maximum atomic E-state index is 5.79. The number of hydrogen-bond acceptors (Lipinski definition) is 9. The van der Waals surface area contributed by atoms with E-state index < -0.39 is 0 Å². The van der Waals surface area contributed by atoms with Crippen LogP contribution >= 0.6 is 23.1 Å². The minimum Gasteiger partial charge on any atom is -0.497 e. The first-order valence-corrected chi connectivity index (χ1v) is 9.47. The fourth-order valence-corrected chi connectivity index (χ4v) is 3.73. The standard InChI is InChI=1S/C16H14N6O2S2/c1-10(14-17-18-15(24-14)13-4-3-9-25-13)26-16-19-20-21-22(16)11-5-7-12(23-2)8-6-11/h3-10H,1-2H3/t10-/m1/s1. The van der Waals surface area contributed by atoms with Gasteiger partial charge in [-0.2, -0.15) is 4.68 Å². The van der Waals surface area contributed by atoms with E-state index in [0.29, 0.717) is 16.9 Å². The van der Waals surface area contributed by atoms with Crippen molar-refractivity contribution in [2.24, 2.45) is 0 Å². The van der Waals surface area contributed by atoms with Crippen LogP contribution in [-0.2, 0) is 0 Å². The van der Waals surface area contributed by atoms with E-state index in [1.54, 1.807) is 23.1 Å². The number of hydrogen-bond donors (Lipinski definition) is 0. The monoisotopic (exact) mass is 386 g/mol. The largest absolute Gasteiger partial charge is 0.497 e. The molecule has 0 N–H and O–H groups in total. The highest BCUT2D eigenvalue weighted by atomic mass is 32.2. The second kappa shape index (κ2) is 7.26. The fraction of sp³-hybridized carbons (Fsp3) is 0.188. The fourth-order valence-electron chi connectivity index (χ4n) is 2.25. The van der Waals surface area contributed by atoms with Gasteiger partial charge < -0.3 is 9.15 Å². The highest BCUT2D eigenvalue weighted by Gasteiger charge is 2.20. The summed E-state index contributed by atoms with van der Waals surface area (Å²) < 4.78 is 12.6. The molecular weight excluding hydrogens is 372 g/mol. The van der Waals surface area contributed by atoms with Crippen LogP contribution in [-0.4, -0.2) is 37.5 Å². The Kier molecular flexibility index (Phi) is 4.67. The van der Waals surface area contributed by atoms with E-state index >= 15 is 0 Å². The molecule has 0 unspecified atom stereocenters. The summed E-state index contributed by atoms with van der Waals surface area (Å²) in [6, 6.07) is 11.4. The van der Waals surface area contributed by atoms with Crippen LogP contribution in [0.15, 0.2) is 51.4 Å². The number of aromatic nitrogens is 6. The Morgan fingerprint density at radius 3 is 2.73 bits per heavy atom. The molecule has 0 aliphatic rings. The van der Waals surface area contributed by atoms with Crippen LogP contribution in [0.3, 0.4) is 0 Å². The first-order valence-electron chi connectivity index (χ1n) is 7.71. The van der Waals surface area contributed by atoms with Crippen LogP contribution < -0.4 is 4.74 Å². The molecule has 3 aromatic heterocycles. The second-order valence-corrected chi connectivity index (χ2v) is 7.51. The molecule has 26 heavy (non-hydrogen) atoms. The average Bonchev–Trinajstić information content (AvgIpc) is 3.42. The van der Waals surface area contributed by atoms with Gasteiger partial charge in [0, 0.05) is 0 Å². The van der Waals surface area contributed by atoms with Gasteiger partial charge in [0.15, 0.2) is 0 Å². The van der Waals surface area contributed by atoms with Crippen molar-refractivity contribution in [3.63, 3.8) is 0 Å². The van der Waals surface area contributed by atoms with Crippen LogP contribution in [0.4, 0.5) is 0 Å². The van der Waals surface area contributed by atoms with Crippen molar-refractivity contribution >= 4 is 23.1 Å². The van der Waals surface area contributed by atoms with E-state index in [1.807, 2.05) is 48.7 Å². The molecule has 0 radical (unpaired) electrons.